The van der Waals surface area contributed by atoms with Gasteiger partial charge in [0.05, 0.1) is 11.4 Å². The van der Waals surface area contributed by atoms with Crippen molar-refractivity contribution in [3.63, 3.8) is 0 Å². The second kappa shape index (κ2) is 7.72. The smallest absolute Gasteiger partial charge is 0.241 e. The molecule has 2 aromatic carbocycles. The van der Waals surface area contributed by atoms with Gasteiger partial charge in [-0.05, 0) is 30.3 Å². The fraction of sp³-hybridized carbons (Fsp3) is 0.125. The fourth-order valence-corrected chi connectivity index (χ4v) is 2.59. The molecule has 0 radical (unpaired) electrons. The minimum atomic E-state index is -3.82. The van der Waals surface area contributed by atoms with E-state index in [0.29, 0.717) is 0 Å². The monoisotopic (exact) mass is 337 g/mol. The van der Waals surface area contributed by atoms with E-state index in [2.05, 4.69) is 16.6 Å². The highest BCUT2D eigenvalue weighted by Crippen LogP contribution is 2.14. The molecule has 0 atom stereocenters. The van der Waals surface area contributed by atoms with Crippen LogP contribution in [-0.2, 0) is 10.0 Å². The molecule has 0 spiro atoms. The first-order valence-corrected chi connectivity index (χ1v) is 8.05. The number of rotatable bonds is 5. The van der Waals surface area contributed by atoms with Crippen LogP contribution in [0.25, 0.3) is 0 Å². The van der Waals surface area contributed by atoms with Crippen LogP contribution in [0.5, 0.6) is 5.75 Å². The maximum atomic E-state index is 13.2. The van der Waals surface area contributed by atoms with E-state index < -0.39 is 21.7 Å². The van der Waals surface area contributed by atoms with Crippen LogP contribution in [0, 0.1) is 23.5 Å². The van der Waals surface area contributed by atoms with Gasteiger partial charge in [0, 0.05) is 0 Å². The number of para-hydroxylation sites is 1. The van der Waals surface area contributed by atoms with E-state index in [0.717, 1.165) is 12.1 Å². The highest BCUT2D eigenvalue weighted by Gasteiger charge is 2.12. The Labute approximate surface area is 133 Å². The third kappa shape index (κ3) is 5.06. The molecule has 0 saturated carbocycles. The largest absolute Gasteiger partial charge is 0.478 e. The number of nitrogens with one attached hydrogen (secondary N) is 1. The first-order valence-electron chi connectivity index (χ1n) is 6.57. The lowest BCUT2D eigenvalue weighted by atomic mass is 10.3. The van der Waals surface area contributed by atoms with E-state index >= 15 is 0 Å². The Morgan fingerprint density at radius 3 is 2.57 bits per heavy atom. The average molecular weight is 337 g/mol. The van der Waals surface area contributed by atoms with Crippen LogP contribution in [-0.4, -0.2) is 21.6 Å². The quantitative estimate of drug-likeness (QED) is 0.852. The van der Waals surface area contributed by atoms with Gasteiger partial charge in [-0.3, -0.25) is 0 Å². The number of hydrogen-bond donors (Lipinski definition) is 1. The van der Waals surface area contributed by atoms with Crippen molar-refractivity contribution in [1.29, 1.82) is 0 Å². The van der Waals surface area contributed by atoms with Crippen molar-refractivity contribution in [2.75, 3.05) is 13.2 Å². The molecule has 0 amide bonds. The minimum absolute atomic E-state index is 0.0714. The van der Waals surface area contributed by atoms with Gasteiger partial charge < -0.3 is 4.74 Å². The molecule has 23 heavy (non-hydrogen) atoms. The van der Waals surface area contributed by atoms with Crippen molar-refractivity contribution in [3.8, 4) is 17.6 Å². The van der Waals surface area contributed by atoms with E-state index in [1.165, 1.54) is 30.3 Å². The number of benzene rings is 2. The lowest BCUT2D eigenvalue weighted by molar-refractivity contribution is 0.348. The van der Waals surface area contributed by atoms with Crippen molar-refractivity contribution >= 4 is 10.0 Å². The predicted octanol–water partition coefficient (Wildman–Crippen LogP) is 2.33. The summed E-state index contributed by atoms with van der Waals surface area (Å²) in [7, 11) is -3.82. The summed E-state index contributed by atoms with van der Waals surface area (Å²) in [4.78, 5) is -0.179. The normalized spacial score (nSPS) is 10.7. The summed E-state index contributed by atoms with van der Waals surface area (Å²) in [6.07, 6.45) is 0. The van der Waals surface area contributed by atoms with Gasteiger partial charge in [0.1, 0.15) is 12.4 Å². The first kappa shape index (κ1) is 16.9. The molecule has 120 valence electrons. The molecule has 0 bridgehead atoms. The molecule has 0 heterocycles. The number of hydrogen-bond acceptors (Lipinski definition) is 3. The molecule has 2 aromatic rings. The molecule has 0 saturated heterocycles. The topological polar surface area (TPSA) is 55.4 Å². The van der Waals surface area contributed by atoms with Gasteiger partial charge in [-0.1, -0.05) is 30.0 Å². The highest BCUT2D eigenvalue weighted by atomic mass is 32.2. The standard InChI is InChI=1S/C16H13F2NO3S/c17-13-6-5-7-14(12-13)23(20,21)19-10-3-4-11-22-16-9-2-1-8-15(16)18/h1-2,5-9,12,19H,10-11H2. The van der Waals surface area contributed by atoms with Crippen molar-refractivity contribution in [1.82, 2.24) is 4.72 Å². The van der Waals surface area contributed by atoms with Crippen LogP contribution in [0.3, 0.4) is 0 Å². The Hall–Kier alpha value is -2.43. The van der Waals surface area contributed by atoms with Gasteiger partial charge in [-0.25, -0.2) is 17.2 Å². The van der Waals surface area contributed by atoms with Crippen LogP contribution in [0.15, 0.2) is 53.4 Å². The Balaban J connectivity index is 1.85. The first-order chi connectivity index (χ1) is 11.0. The maximum Gasteiger partial charge on any atom is 0.241 e. The number of ether oxygens (including phenoxy) is 1. The van der Waals surface area contributed by atoms with Crippen LogP contribution >= 0.6 is 0 Å². The molecule has 0 fully saturated rings. The molecule has 0 aromatic heterocycles. The van der Waals surface area contributed by atoms with Crippen molar-refractivity contribution in [3.05, 3.63) is 60.2 Å². The molecule has 0 aliphatic heterocycles. The second-order valence-corrected chi connectivity index (χ2v) is 6.12. The molecular weight excluding hydrogens is 324 g/mol. The van der Waals surface area contributed by atoms with Gasteiger partial charge in [-0.2, -0.15) is 4.72 Å². The fourth-order valence-electron chi connectivity index (χ4n) is 1.64. The zero-order valence-electron chi connectivity index (χ0n) is 11.9. The van der Waals surface area contributed by atoms with Crippen LogP contribution in [0.2, 0.25) is 0 Å². The molecule has 2 rings (SSSR count). The van der Waals surface area contributed by atoms with Crippen molar-refractivity contribution < 1.29 is 21.9 Å². The minimum Gasteiger partial charge on any atom is -0.478 e. The van der Waals surface area contributed by atoms with E-state index in [4.69, 9.17) is 4.74 Å². The van der Waals surface area contributed by atoms with Gasteiger partial charge in [-0.15, -0.1) is 0 Å². The Morgan fingerprint density at radius 2 is 1.83 bits per heavy atom. The number of halogens is 2. The van der Waals surface area contributed by atoms with Gasteiger partial charge in [0.2, 0.25) is 10.0 Å². The van der Waals surface area contributed by atoms with Gasteiger partial charge in [0.25, 0.3) is 0 Å². The van der Waals surface area contributed by atoms with E-state index in [1.54, 1.807) is 6.07 Å². The molecule has 7 heteroatoms. The summed E-state index contributed by atoms with van der Waals surface area (Å²) in [6.45, 7) is -0.248. The Bertz CT molecular complexity index is 842. The van der Waals surface area contributed by atoms with Crippen molar-refractivity contribution in [2.24, 2.45) is 0 Å². The third-order valence-electron chi connectivity index (χ3n) is 2.72. The SMILES string of the molecule is O=S(=O)(NCC#CCOc1ccccc1F)c1cccc(F)c1. The predicted molar refractivity (Wildman–Crippen MR) is 81.3 cm³/mol. The van der Waals surface area contributed by atoms with E-state index in [9.17, 15) is 17.2 Å². The van der Waals surface area contributed by atoms with Gasteiger partial charge in [0.15, 0.2) is 11.6 Å². The third-order valence-corrected chi connectivity index (χ3v) is 4.12. The van der Waals surface area contributed by atoms with Gasteiger partial charge >= 0.3 is 0 Å². The molecule has 4 nitrogen and oxygen atoms in total. The van der Waals surface area contributed by atoms with Crippen LogP contribution in [0.4, 0.5) is 8.78 Å². The van der Waals surface area contributed by atoms with Crippen LogP contribution < -0.4 is 9.46 Å². The summed E-state index contributed by atoms with van der Waals surface area (Å²) in [5, 5.41) is 0. The highest BCUT2D eigenvalue weighted by molar-refractivity contribution is 7.89. The van der Waals surface area contributed by atoms with Crippen molar-refractivity contribution in [2.45, 2.75) is 4.90 Å². The molecule has 1 N–H and O–H groups in total. The lowest BCUT2D eigenvalue weighted by Gasteiger charge is -2.03. The van der Waals surface area contributed by atoms with E-state index in [1.807, 2.05) is 0 Å². The summed E-state index contributed by atoms with van der Waals surface area (Å²) in [5.41, 5.74) is 0. The summed E-state index contributed by atoms with van der Waals surface area (Å²) < 4.78 is 57.3. The number of sulfonamides is 1. The zero-order valence-corrected chi connectivity index (χ0v) is 12.7. The second-order valence-electron chi connectivity index (χ2n) is 4.35. The Kier molecular flexibility index (Phi) is 5.68. The van der Waals surface area contributed by atoms with Crippen LogP contribution in [0.1, 0.15) is 0 Å². The zero-order chi connectivity index (χ0) is 16.7. The molecule has 0 aliphatic rings. The molecule has 0 aliphatic carbocycles. The Morgan fingerprint density at radius 1 is 1.04 bits per heavy atom. The van der Waals surface area contributed by atoms with E-state index in [-0.39, 0.29) is 23.8 Å². The lowest BCUT2D eigenvalue weighted by Crippen LogP contribution is -2.24. The maximum absolute atomic E-state index is 13.2. The summed E-state index contributed by atoms with van der Waals surface area (Å²) >= 11 is 0. The average Bonchev–Trinajstić information content (AvgIpc) is 2.52. The molecule has 0 unspecified atom stereocenters. The molecular formula is C16H13F2NO3S. The summed E-state index contributed by atoms with van der Waals surface area (Å²) in [6, 6.07) is 10.5. The summed E-state index contributed by atoms with van der Waals surface area (Å²) in [5.74, 6) is 4.02.